The van der Waals surface area contributed by atoms with E-state index in [0.29, 0.717) is 32.4 Å². The number of nitrogens with one attached hydrogen (secondary N) is 1. The van der Waals surface area contributed by atoms with Gasteiger partial charge in [-0.2, -0.15) is 18.7 Å². The Morgan fingerprint density at radius 1 is 1.19 bits per heavy atom. The first-order valence-corrected chi connectivity index (χ1v) is 14.4. The molecule has 4 aliphatic heterocycles. The summed E-state index contributed by atoms with van der Waals surface area (Å²) in [5, 5.41) is 3.53. The second-order valence-electron chi connectivity index (χ2n) is 12.2. The maximum absolute atomic E-state index is 16.3. The van der Waals surface area contributed by atoms with Gasteiger partial charge >= 0.3 is 6.01 Å². The molecule has 7 heterocycles. The van der Waals surface area contributed by atoms with Crippen LogP contribution in [0.4, 0.5) is 33.6 Å². The number of pyridine rings is 2. The van der Waals surface area contributed by atoms with Crippen molar-refractivity contribution in [3.05, 3.63) is 41.6 Å². The van der Waals surface area contributed by atoms with E-state index >= 15 is 4.39 Å². The van der Waals surface area contributed by atoms with Gasteiger partial charge in [0.1, 0.15) is 41.4 Å². The highest BCUT2D eigenvalue weighted by Gasteiger charge is 2.49. The van der Waals surface area contributed by atoms with Crippen LogP contribution in [-0.4, -0.2) is 80.9 Å². The predicted molar refractivity (Wildman–Crippen MR) is 150 cm³/mol. The van der Waals surface area contributed by atoms with Crippen LogP contribution in [0, 0.1) is 18.6 Å². The van der Waals surface area contributed by atoms with Crippen molar-refractivity contribution < 1.29 is 26.7 Å². The lowest BCUT2D eigenvalue weighted by molar-refractivity contribution is 0.107. The van der Waals surface area contributed by atoms with Gasteiger partial charge in [-0.1, -0.05) is 0 Å². The summed E-state index contributed by atoms with van der Waals surface area (Å²) in [6, 6.07) is 0.825. The summed E-state index contributed by atoms with van der Waals surface area (Å²) in [5.41, 5.74) is 3.89. The Bertz CT molecular complexity index is 1640. The maximum Gasteiger partial charge on any atom is 0.319 e. The van der Waals surface area contributed by atoms with Crippen LogP contribution < -0.4 is 20.7 Å². The number of halogens is 5. The number of nitrogens with two attached hydrogens (primary N) is 1. The number of hydrogen-bond acceptors (Lipinski definition) is 9. The molecule has 3 N–H and O–H groups in total. The Kier molecular flexibility index (Phi) is 6.69. The van der Waals surface area contributed by atoms with E-state index in [2.05, 4.69) is 30.2 Å². The summed E-state index contributed by atoms with van der Waals surface area (Å²) in [4.78, 5) is 21.4. The van der Waals surface area contributed by atoms with E-state index in [1.165, 1.54) is 13.1 Å². The highest BCUT2D eigenvalue weighted by atomic mass is 19.3. The van der Waals surface area contributed by atoms with E-state index in [-0.39, 0.29) is 64.7 Å². The highest BCUT2D eigenvalue weighted by molar-refractivity contribution is 5.92. The van der Waals surface area contributed by atoms with Crippen LogP contribution in [0.25, 0.3) is 22.3 Å². The Balaban J connectivity index is 1.33. The summed E-state index contributed by atoms with van der Waals surface area (Å²) in [7, 11) is 0. The summed E-state index contributed by atoms with van der Waals surface area (Å²) in [5.74, 6) is -1.39. The Labute approximate surface area is 244 Å². The number of aromatic nitrogens is 4. The van der Waals surface area contributed by atoms with Crippen LogP contribution in [0.5, 0.6) is 6.01 Å². The molecule has 4 atom stereocenters. The molecule has 4 aliphatic rings. The second kappa shape index (κ2) is 10.2. The molecule has 3 aromatic rings. The number of hydrogen-bond donors (Lipinski definition) is 2. The maximum atomic E-state index is 16.3. The van der Waals surface area contributed by atoms with Gasteiger partial charge in [-0.25, -0.2) is 18.2 Å². The van der Waals surface area contributed by atoms with E-state index in [4.69, 9.17) is 10.5 Å². The van der Waals surface area contributed by atoms with Crippen molar-refractivity contribution in [3.8, 4) is 17.4 Å². The van der Waals surface area contributed by atoms with Gasteiger partial charge in [0.05, 0.1) is 22.2 Å². The van der Waals surface area contributed by atoms with Crippen molar-refractivity contribution in [2.75, 3.05) is 43.4 Å². The first kappa shape index (κ1) is 28.1. The number of alkyl halides is 1. The molecular formula is C29H31F5N8O. The molecule has 0 radical (unpaired) electrons. The number of ether oxygens (including phenoxy) is 1. The van der Waals surface area contributed by atoms with Crippen molar-refractivity contribution in [2.24, 2.45) is 0 Å². The molecule has 4 saturated heterocycles. The molecule has 0 aliphatic carbocycles. The van der Waals surface area contributed by atoms with Gasteiger partial charge in [-0.05, 0) is 39.2 Å². The summed E-state index contributed by atoms with van der Waals surface area (Å²) in [6.07, 6.45) is 2.73. The van der Waals surface area contributed by atoms with Crippen LogP contribution in [0.2, 0.25) is 0 Å². The fourth-order valence-corrected chi connectivity index (χ4v) is 7.41. The number of fused-ring (bicyclic) bond motifs is 4. The quantitative estimate of drug-likeness (QED) is 0.400. The topological polar surface area (TPSA) is 105 Å². The lowest BCUT2D eigenvalue weighted by Crippen LogP contribution is -2.59. The van der Waals surface area contributed by atoms with Crippen molar-refractivity contribution in [1.82, 2.24) is 30.2 Å². The zero-order valence-corrected chi connectivity index (χ0v) is 23.5. The molecular weight excluding hydrogens is 571 g/mol. The molecule has 3 aromatic heterocycles. The van der Waals surface area contributed by atoms with E-state index in [0.717, 1.165) is 31.5 Å². The van der Waals surface area contributed by atoms with Gasteiger partial charge < -0.3 is 20.7 Å². The van der Waals surface area contributed by atoms with Crippen LogP contribution >= 0.6 is 0 Å². The average molecular weight is 603 g/mol. The molecule has 14 heteroatoms. The number of nitrogens with zero attached hydrogens (tertiary/aromatic N) is 6. The third kappa shape index (κ3) is 4.84. The van der Waals surface area contributed by atoms with Crippen molar-refractivity contribution in [1.29, 1.82) is 0 Å². The number of piperazine rings is 1. The van der Waals surface area contributed by atoms with Gasteiger partial charge in [0, 0.05) is 56.0 Å². The zero-order valence-electron chi connectivity index (χ0n) is 23.5. The smallest absolute Gasteiger partial charge is 0.319 e. The zero-order chi connectivity index (χ0) is 30.1. The van der Waals surface area contributed by atoms with Gasteiger partial charge in [0.15, 0.2) is 5.82 Å². The summed E-state index contributed by atoms with van der Waals surface area (Å²) < 4.78 is 78.3. The van der Waals surface area contributed by atoms with Crippen LogP contribution in [0.15, 0.2) is 24.4 Å². The standard InChI is InChI=1S/C29H31F5N8O/c1-15-19(31)7-21(35)37-23(15)25-22(34)24-18(10-36-25)26(41-12-17-3-5-28(13-41,40-17)9-20(32)33)39-27(38-24)43-14-29-4-2-6-42(29)11-16(30)8-29/h7,9-10,16-17,40H,2-6,8,11-14H2,1H3,(H2,35,37)/t16-,17+,28+,29+/m1/s1. The molecule has 0 spiro atoms. The van der Waals surface area contributed by atoms with Gasteiger partial charge in [0.2, 0.25) is 0 Å². The molecule has 4 fully saturated rings. The predicted octanol–water partition coefficient (Wildman–Crippen LogP) is 4.30. The molecule has 7 rings (SSSR count). The van der Waals surface area contributed by atoms with E-state index in [9.17, 15) is 17.6 Å². The third-order valence-electron chi connectivity index (χ3n) is 9.36. The molecule has 43 heavy (non-hydrogen) atoms. The Morgan fingerprint density at radius 2 is 2.02 bits per heavy atom. The minimum Gasteiger partial charge on any atom is -0.461 e. The molecule has 0 unspecified atom stereocenters. The van der Waals surface area contributed by atoms with Gasteiger partial charge in [0.25, 0.3) is 6.08 Å². The highest BCUT2D eigenvalue weighted by Crippen LogP contribution is 2.42. The van der Waals surface area contributed by atoms with Crippen molar-refractivity contribution in [3.63, 3.8) is 0 Å². The van der Waals surface area contributed by atoms with Crippen molar-refractivity contribution >= 4 is 22.5 Å². The monoisotopic (exact) mass is 602 g/mol. The molecule has 0 aromatic carbocycles. The SMILES string of the molecule is Cc1c(F)cc(N)nc1-c1ncc2c(N3C[C@@H]4CC[C@](C=C(F)F)(C3)N4)nc(OC[C@@]34CCCN3C[C@H](F)C4)nc2c1F. The Morgan fingerprint density at radius 3 is 2.84 bits per heavy atom. The lowest BCUT2D eigenvalue weighted by Gasteiger charge is -2.40. The number of rotatable bonds is 6. The van der Waals surface area contributed by atoms with Crippen LogP contribution in [0.3, 0.4) is 0 Å². The first-order chi connectivity index (χ1) is 20.5. The number of nitrogen functional groups attached to an aromatic ring is 1. The van der Waals surface area contributed by atoms with E-state index in [1.807, 2.05) is 4.90 Å². The largest absolute Gasteiger partial charge is 0.461 e. The van der Waals surface area contributed by atoms with E-state index < -0.39 is 35.0 Å². The van der Waals surface area contributed by atoms with Gasteiger partial charge in [-0.15, -0.1) is 0 Å². The van der Waals surface area contributed by atoms with E-state index in [1.54, 1.807) is 0 Å². The van der Waals surface area contributed by atoms with Crippen molar-refractivity contribution in [2.45, 2.75) is 62.3 Å². The summed E-state index contributed by atoms with van der Waals surface area (Å²) >= 11 is 0. The average Bonchev–Trinajstić information content (AvgIpc) is 3.58. The molecule has 228 valence electrons. The molecule has 2 bridgehead atoms. The van der Waals surface area contributed by atoms with Gasteiger partial charge in [-0.3, -0.25) is 9.88 Å². The second-order valence-corrected chi connectivity index (χ2v) is 12.2. The molecule has 9 nitrogen and oxygen atoms in total. The lowest BCUT2D eigenvalue weighted by atomic mass is 9.95. The first-order valence-electron chi connectivity index (χ1n) is 14.4. The normalized spacial score (nSPS) is 28.5. The number of anilines is 2. The summed E-state index contributed by atoms with van der Waals surface area (Å²) in [6.45, 7) is 3.25. The Hall–Kier alpha value is -3.65. The van der Waals surface area contributed by atoms with Crippen LogP contribution in [-0.2, 0) is 0 Å². The van der Waals surface area contributed by atoms with Crippen LogP contribution in [0.1, 0.15) is 37.7 Å². The minimum absolute atomic E-state index is 0.0637. The minimum atomic E-state index is -1.79. The molecule has 0 saturated carbocycles. The molecule has 0 amide bonds. The fraction of sp³-hybridized carbons (Fsp3) is 0.517. The fourth-order valence-electron chi connectivity index (χ4n) is 7.41. The third-order valence-corrected chi connectivity index (χ3v) is 9.36.